The van der Waals surface area contributed by atoms with Gasteiger partial charge in [0.25, 0.3) is 0 Å². The first kappa shape index (κ1) is 13.6. The van der Waals surface area contributed by atoms with Crippen molar-refractivity contribution in [2.45, 2.75) is 31.6 Å². The van der Waals surface area contributed by atoms with Crippen LogP contribution in [-0.4, -0.2) is 41.9 Å². The predicted molar refractivity (Wildman–Crippen MR) is 73.5 cm³/mol. The second-order valence-electron chi connectivity index (χ2n) is 5.43. The summed E-state index contributed by atoms with van der Waals surface area (Å²) in [6.45, 7) is 2.44. The van der Waals surface area contributed by atoms with Gasteiger partial charge in [-0.25, -0.2) is 4.39 Å². The SMILES string of the molecule is OCC#Cc1cc(CN2CC3CCC(C2)O3)ccc1F. The highest BCUT2D eigenvalue weighted by molar-refractivity contribution is 5.38. The van der Waals surface area contributed by atoms with E-state index in [1.165, 1.54) is 6.07 Å². The third-order valence-corrected chi connectivity index (χ3v) is 3.86. The van der Waals surface area contributed by atoms with Crippen molar-refractivity contribution >= 4 is 0 Å². The summed E-state index contributed by atoms with van der Waals surface area (Å²) < 4.78 is 19.4. The summed E-state index contributed by atoms with van der Waals surface area (Å²) in [4.78, 5) is 2.36. The van der Waals surface area contributed by atoms with Crippen LogP contribution in [0.2, 0.25) is 0 Å². The van der Waals surface area contributed by atoms with Crippen LogP contribution in [0.5, 0.6) is 0 Å². The van der Waals surface area contributed by atoms with Gasteiger partial charge in [0.1, 0.15) is 12.4 Å². The van der Waals surface area contributed by atoms with E-state index >= 15 is 0 Å². The summed E-state index contributed by atoms with van der Waals surface area (Å²) in [6.07, 6.45) is 3.03. The predicted octanol–water partition coefficient (Wildman–Crippen LogP) is 1.53. The van der Waals surface area contributed by atoms with Crippen molar-refractivity contribution in [3.8, 4) is 11.8 Å². The van der Waals surface area contributed by atoms with Crippen molar-refractivity contribution in [1.82, 2.24) is 4.90 Å². The molecule has 2 heterocycles. The fourth-order valence-corrected chi connectivity index (χ4v) is 2.99. The molecule has 2 atom stereocenters. The van der Waals surface area contributed by atoms with Crippen molar-refractivity contribution in [3.63, 3.8) is 0 Å². The third-order valence-electron chi connectivity index (χ3n) is 3.86. The Bertz CT molecular complexity index is 537. The van der Waals surface area contributed by atoms with Gasteiger partial charge in [-0.3, -0.25) is 4.90 Å². The zero-order chi connectivity index (χ0) is 13.9. The molecule has 1 aromatic rings. The van der Waals surface area contributed by atoms with Crippen molar-refractivity contribution in [3.05, 3.63) is 35.1 Å². The lowest BCUT2D eigenvalue weighted by Gasteiger charge is -2.32. The summed E-state index contributed by atoms with van der Waals surface area (Å²) >= 11 is 0. The Balaban J connectivity index is 1.71. The lowest BCUT2D eigenvalue weighted by atomic mass is 10.1. The number of fused-ring (bicyclic) bond motifs is 2. The lowest BCUT2D eigenvalue weighted by molar-refractivity contribution is -0.0410. The molecule has 1 N–H and O–H groups in total. The van der Waals surface area contributed by atoms with Gasteiger partial charge in [-0.2, -0.15) is 0 Å². The van der Waals surface area contributed by atoms with E-state index < -0.39 is 0 Å². The smallest absolute Gasteiger partial charge is 0.138 e. The molecule has 2 unspecified atom stereocenters. The van der Waals surface area contributed by atoms with E-state index in [9.17, 15) is 4.39 Å². The van der Waals surface area contributed by atoms with Crippen LogP contribution in [0.1, 0.15) is 24.0 Å². The third kappa shape index (κ3) is 3.01. The molecule has 2 bridgehead atoms. The van der Waals surface area contributed by atoms with E-state index in [-0.39, 0.29) is 12.4 Å². The number of benzene rings is 1. The number of rotatable bonds is 2. The van der Waals surface area contributed by atoms with Crippen LogP contribution in [0, 0.1) is 17.7 Å². The largest absolute Gasteiger partial charge is 0.384 e. The molecule has 2 aliphatic heterocycles. The van der Waals surface area contributed by atoms with E-state index in [0.717, 1.165) is 38.0 Å². The van der Waals surface area contributed by atoms with Gasteiger partial charge < -0.3 is 9.84 Å². The molecule has 106 valence electrons. The quantitative estimate of drug-likeness (QED) is 0.831. The minimum Gasteiger partial charge on any atom is -0.384 e. The van der Waals surface area contributed by atoms with Crippen molar-refractivity contribution < 1.29 is 14.2 Å². The van der Waals surface area contributed by atoms with Crippen LogP contribution in [0.4, 0.5) is 4.39 Å². The van der Waals surface area contributed by atoms with Gasteiger partial charge in [-0.05, 0) is 30.5 Å². The van der Waals surface area contributed by atoms with E-state index in [4.69, 9.17) is 9.84 Å². The maximum Gasteiger partial charge on any atom is 0.138 e. The summed E-state index contributed by atoms with van der Waals surface area (Å²) in [6, 6.07) is 5.03. The maximum atomic E-state index is 13.6. The highest BCUT2D eigenvalue weighted by Crippen LogP contribution is 2.27. The average Bonchev–Trinajstić information content (AvgIpc) is 2.78. The number of halogens is 1. The number of ether oxygens (including phenoxy) is 1. The number of hydrogen-bond donors (Lipinski definition) is 1. The van der Waals surface area contributed by atoms with Gasteiger partial charge in [-0.1, -0.05) is 17.9 Å². The van der Waals surface area contributed by atoms with Crippen LogP contribution >= 0.6 is 0 Å². The van der Waals surface area contributed by atoms with Crippen LogP contribution in [0.3, 0.4) is 0 Å². The molecule has 0 radical (unpaired) electrons. The van der Waals surface area contributed by atoms with E-state index in [1.807, 2.05) is 0 Å². The number of aliphatic hydroxyl groups is 1. The molecule has 0 amide bonds. The monoisotopic (exact) mass is 275 g/mol. The molecular formula is C16H18FNO2. The number of morpholine rings is 1. The van der Waals surface area contributed by atoms with Crippen LogP contribution < -0.4 is 0 Å². The maximum absolute atomic E-state index is 13.6. The van der Waals surface area contributed by atoms with E-state index in [0.29, 0.717) is 17.8 Å². The highest BCUT2D eigenvalue weighted by atomic mass is 19.1. The summed E-state index contributed by atoms with van der Waals surface area (Å²) in [5.41, 5.74) is 1.41. The first-order chi connectivity index (χ1) is 9.74. The fourth-order valence-electron chi connectivity index (χ4n) is 2.99. The Morgan fingerprint density at radius 1 is 1.30 bits per heavy atom. The zero-order valence-corrected chi connectivity index (χ0v) is 11.3. The molecule has 2 aliphatic rings. The number of hydrogen-bond acceptors (Lipinski definition) is 3. The Morgan fingerprint density at radius 3 is 2.75 bits per heavy atom. The second-order valence-corrected chi connectivity index (χ2v) is 5.43. The lowest BCUT2D eigenvalue weighted by Crippen LogP contribution is -2.41. The standard InChI is InChI=1S/C16H18FNO2/c17-16-6-3-12(8-13(16)2-1-7-19)9-18-10-14-4-5-15(11-18)20-14/h3,6,8,14-15,19H,4-5,7,9-11H2. The van der Waals surface area contributed by atoms with Crippen molar-refractivity contribution in [2.75, 3.05) is 19.7 Å². The van der Waals surface area contributed by atoms with E-state index in [1.54, 1.807) is 12.1 Å². The minimum atomic E-state index is -0.336. The number of likely N-dealkylation sites (tertiary alicyclic amines) is 1. The molecule has 0 aliphatic carbocycles. The molecule has 0 spiro atoms. The van der Waals surface area contributed by atoms with Crippen LogP contribution in [-0.2, 0) is 11.3 Å². The van der Waals surface area contributed by atoms with Crippen molar-refractivity contribution in [1.29, 1.82) is 0 Å². The first-order valence-electron chi connectivity index (χ1n) is 7.00. The second kappa shape index (κ2) is 5.92. The van der Waals surface area contributed by atoms with E-state index in [2.05, 4.69) is 16.7 Å². The number of nitrogens with zero attached hydrogens (tertiary/aromatic N) is 1. The molecule has 4 heteroatoms. The van der Waals surface area contributed by atoms with Gasteiger partial charge in [0.15, 0.2) is 0 Å². The molecule has 0 saturated carbocycles. The van der Waals surface area contributed by atoms with Gasteiger partial charge >= 0.3 is 0 Å². The van der Waals surface area contributed by atoms with Gasteiger partial charge in [0, 0.05) is 19.6 Å². The Morgan fingerprint density at radius 2 is 2.05 bits per heavy atom. The van der Waals surface area contributed by atoms with Gasteiger partial charge in [-0.15, -0.1) is 0 Å². The Labute approximate surface area is 118 Å². The average molecular weight is 275 g/mol. The minimum absolute atomic E-state index is 0.253. The molecule has 2 fully saturated rings. The molecule has 0 aromatic heterocycles. The normalized spacial score (nSPS) is 25.3. The Kier molecular flexibility index (Phi) is 4.02. The molecular weight excluding hydrogens is 257 g/mol. The summed E-state index contributed by atoms with van der Waals surface area (Å²) in [7, 11) is 0. The van der Waals surface area contributed by atoms with Gasteiger partial charge in [0.2, 0.25) is 0 Å². The molecule has 2 saturated heterocycles. The summed E-state index contributed by atoms with van der Waals surface area (Å²) in [5, 5.41) is 8.70. The highest BCUT2D eigenvalue weighted by Gasteiger charge is 2.33. The molecule has 1 aromatic carbocycles. The van der Waals surface area contributed by atoms with Gasteiger partial charge in [0.05, 0.1) is 17.8 Å². The molecule has 20 heavy (non-hydrogen) atoms. The zero-order valence-electron chi connectivity index (χ0n) is 11.3. The Hall–Kier alpha value is -1.41. The number of aliphatic hydroxyl groups excluding tert-OH is 1. The van der Waals surface area contributed by atoms with Crippen LogP contribution in [0.25, 0.3) is 0 Å². The summed E-state index contributed by atoms with van der Waals surface area (Å²) in [5.74, 6) is 4.81. The van der Waals surface area contributed by atoms with Crippen molar-refractivity contribution in [2.24, 2.45) is 0 Å². The van der Waals surface area contributed by atoms with Crippen LogP contribution in [0.15, 0.2) is 18.2 Å². The fraction of sp³-hybridized carbons (Fsp3) is 0.500. The molecule has 3 rings (SSSR count). The molecule has 3 nitrogen and oxygen atoms in total. The first-order valence-corrected chi connectivity index (χ1v) is 7.00. The topological polar surface area (TPSA) is 32.7 Å².